The van der Waals surface area contributed by atoms with Crippen LogP contribution in [0.1, 0.15) is 5.69 Å². The van der Waals surface area contributed by atoms with Crippen molar-refractivity contribution in [2.45, 2.75) is 6.18 Å². The first-order valence-electron chi connectivity index (χ1n) is 9.17. The van der Waals surface area contributed by atoms with E-state index in [1.165, 1.54) is 36.7 Å². The highest BCUT2D eigenvalue weighted by Crippen LogP contribution is 2.41. The zero-order valence-corrected chi connectivity index (χ0v) is 17.1. The molecule has 5 aromatic rings. The van der Waals surface area contributed by atoms with Crippen LogP contribution in [0.25, 0.3) is 38.9 Å². The lowest BCUT2D eigenvalue weighted by Gasteiger charge is -2.10. The Hall–Kier alpha value is -3.93. The molecule has 0 fully saturated rings. The summed E-state index contributed by atoms with van der Waals surface area (Å²) in [5.41, 5.74) is -3.85. The molecule has 0 aliphatic heterocycles. The van der Waals surface area contributed by atoms with Gasteiger partial charge in [0.1, 0.15) is 24.0 Å². The first-order valence-corrected chi connectivity index (χ1v) is 9.55. The molecule has 4 aromatic heterocycles. The summed E-state index contributed by atoms with van der Waals surface area (Å²) in [6, 6.07) is 6.35. The van der Waals surface area contributed by atoms with Crippen molar-refractivity contribution < 1.29 is 26.9 Å². The molecule has 168 valence electrons. The van der Waals surface area contributed by atoms with Gasteiger partial charge in [0.25, 0.3) is 5.56 Å². The molecule has 0 bridgehead atoms. The average Bonchev–Trinajstić information content (AvgIpc) is 3.37. The number of halogens is 5. The Morgan fingerprint density at radius 3 is 2.48 bits per heavy atom. The molecule has 5 rings (SSSR count). The van der Waals surface area contributed by atoms with Crippen molar-refractivity contribution in [1.29, 1.82) is 0 Å². The summed E-state index contributed by atoms with van der Waals surface area (Å²) >= 11 is 6.09. The van der Waals surface area contributed by atoms with Gasteiger partial charge in [0.2, 0.25) is 5.65 Å². The van der Waals surface area contributed by atoms with Crippen molar-refractivity contribution >= 4 is 33.6 Å². The number of alkyl halides is 3. The lowest BCUT2D eigenvalue weighted by atomic mass is 10.1. The quantitative estimate of drug-likeness (QED) is 0.359. The highest BCUT2D eigenvalue weighted by molar-refractivity contribution is 6.33. The first kappa shape index (κ1) is 20.9. The molecule has 0 aliphatic carbocycles. The van der Waals surface area contributed by atoms with Crippen LogP contribution < -0.4 is 10.4 Å². The molecule has 0 atom stereocenters. The summed E-state index contributed by atoms with van der Waals surface area (Å²) in [6.07, 6.45) is -2.37. The number of nitrogens with zero attached hydrogens (tertiary/aromatic N) is 5. The number of rotatable bonds is 3. The second-order valence-electron chi connectivity index (χ2n) is 6.78. The maximum Gasteiger partial charge on any atom is 0.434 e. The fraction of sp³-hybridized carbons (Fsp3) is 0.100. The van der Waals surface area contributed by atoms with Gasteiger partial charge < -0.3 is 9.36 Å². The molecular weight excluding hydrogens is 470 g/mol. The van der Waals surface area contributed by atoms with Crippen LogP contribution in [0.2, 0.25) is 5.02 Å². The summed E-state index contributed by atoms with van der Waals surface area (Å²) in [5, 5.41) is 6.51. The van der Waals surface area contributed by atoms with Crippen molar-refractivity contribution in [2.75, 3.05) is 7.11 Å². The Kier molecular flexibility index (Phi) is 4.64. The molecular formula is C20H10ClF4N5O3. The smallest absolute Gasteiger partial charge is 0.412 e. The Balaban J connectivity index is 2.00. The van der Waals surface area contributed by atoms with Crippen LogP contribution >= 0.6 is 11.6 Å². The second-order valence-corrected chi connectivity index (χ2v) is 7.18. The molecule has 13 heteroatoms. The number of fused-ring (bicyclic) bond motifs is 3. The van der Waals surface area contributed by atoms with Crippen LogP contribution in [0.3, 0.4) is 0 Å². The van der Waals surface area contributed by atoms with Crippen molar-refractivity contribution in [1.82, 2.24) is 24.7 Å². The molecule has 0 amide bonds. The third kappa shape index (κ3) is 3.05. The fourth-order valence-electron chi connectivity index (χ4n) is 3.61. The monoisotopic (exact) mass is 479 g/mol. The average molecular weight is 480 g/mol. The van der Waals surface area contributed by atoms with E-state index < -0.39 is 45.2 Å². The predicted octanol–water partition coefficient (Wildman–Crippen LogP) is 4.26. The molecule has 0 N–H and O–H groups in total. The third-order valence-electron chi connectivity index (χ3n) is 4.93. The van der Waals surface area contributed by atoms with Crippen molar-refractivity contribution in [3.05, 3.63) is 69.6 Å². The third-order valence-corrected chi connectivity index (χ3v) is 5.25. The van der Waals surface area contributed by atoms with Crippen LogP contribution in [0, 0.1) is 5.82 Å². The summed E-state index contributed by atoms with van der Waals surface area (Å²) < 4.78 is 63.7. The molecule has 4 heterocycles. The Morgan fingerprint density at radius 2 is 1.85 bits per heavy atom. The lowest BCUT2D eigenvalue weighted by molar-refractivity contribution is -0.141. The summed E-state index contributed by atoms with van der Waals surface area (Å²) in [5.74, 6) is -0.843. The van der Waals surface area contributed by atoms with E-state index >= 15 is 0 Å². The number of aromatic nitrogens is 5. The van der Waals surface area contributed by atoms with E-state index in [9.17, 15) is 22.4 Å². The molecule has 0 spiro atoms. The Morgan fingerprint density at radius 1 is 1.12 bits per heavy atom. The van der Waals surface area contributed by atoms with Gasteiger partial charge in [0.05, 0.1) is 21.7 Å². The van der Waals surface area contributed by atoms with Gasteiger partial charge in [-0.3, -0.25) is 9.78 Å². The number of hydrogen-bond donors (Lipinski definition) is 0. The highest BCUT2D eigenvalue weighted by Gasteiger charge is 2.42. The minimum absolute atomic E-state index is 0.0219. The van der Waals surface area contributed by atoms with E-state index in [-0.39, 0.29) is 22.0 Å². The standard InChI is InChI=1S/C20H10ClF4N5O3/c1-32-30-18-14(17(20(23,24)25)29(27-18)9-5-7-26-8-6-9)16-13(19(30)31)15(28-33-16)12-10(21)3-2-4-11(12)22/h2-8H,1H3. The molecule has 0 saturated heterocycles. The van der Waals surface area contributed by atoms with Gasteiger partial charge in [0, 0.05) is 12.4 Å². The van der Waals surface area contributed by atoms with Crippen molar-refractivity contribution in [3.63, 3.8) is 0 Å². The first-order chi connectivity index (χ1) is 15.7. The maximum atomic E-state index is 14.6. The van der Waals surface area contributed by atoms with E-state index in [1.54, 1.807) is 0 Å². The zero-order chi connectivity index (χ0) is 23.5. The van der Waals surface area contributed by atoms with Crippen molar-refractivity contribution in [3.8, 4) is 16.9 Å². The van der Waals surface area contributed by atoms with Gasteiger partial charge in [-0.1, -0.05) is 22.8 Å². The maximum absolute atomic E-state index is 14.6. The van der Waals surface area contributed by atoms with E-state index in [0.29, 0.717) is 9.41 Å². The van der Waals surface area contributed by atoms with E-state index in [1.807, 2.05) is 0 Å². The highest BCUT2D eigenvalue weighted by atomic mass is 35.5. The predicted molar refractivity (Wildman–Crippen MR) is 109 cm³/mol. The number of pyridine rings is 2. The molecule has 0 saturated carbocycles. The van der Waals surface area contributed by atoms with Crippen LogP contribution in [-0.2, 0) is 6.18 Å². The Bertz CT molecular complexity index is 1570. The van der Waals surface area contributed by atoms with E-state index in [0.717, 1.165) is 13.2 Å². The second kappa shape index (κ2) is 7.30. The van der Waals surface area contributed by atoms with Gasteiger partial charge in [-0.15, -0.1) is 9.83 Å². The normalized spacial score (nSPS) is 12.1. The summed E-state index contributed by atoms with van der Waals surface area (Å²) in [4.78, 5) is 22.0. The molecule has 8 nitrogen and oxygen atoms in total. The molecule has 0 aliphatic rings. The minimum atomic E-state index is -4.94. The number of benzene rings is 1. The summed E-state index contributed by atoms with van der Waals surface area (Å²) in [6.45, 7) is 0. The largest absolute Gasteiger partial charge is 0.434 e. The van der Waals surface area contributed by atoms with Gasteiger partial charge in [-0.05, 0) is 24.3 Å². The number of hydrogen-bond acceptors (Lipinski definition) is 6. The van der Waals surface area contributed by atoms with E-state index in [4.69, 9.17) is 21.0 Å². The Labute approximate surface area is 185 Å². The van der Waals surface area contributed by atoms with Gasteiger partial charge in [-0.2, -0.15) is 13.2 Å². The van der Waals surface area contributed by atoms with Gasteiger partial charge in [0.15, 0.2) is 11.3 Å². The lowest BCUT2D eigenvalue weighted by Crippen LogP contribution is -2.25. The van der Waals surface area contributed by atoms with Crippen LogP contribution in [-0.4, -0.2) is 31.8 Å². The van der Waals surface area contributed by atoms with Crippen LogP contribution in [0.4, 0.5) is 17.6 Å². The molecule has 0 radical (unpaired) electrons. The summed E-state index contributed by atoms with van der Waals surface area (Å²) in [7, 11) is 1.08. The van der Waals surface area contributed by atoms with Gasteiger partial charge >= 0.3 is 6.18 Å². The zero-order valence-electron chi connectivity index (χ0n) is 16.4. The van der Waals surface area contributed by atoms with Crippen molar-refractivity contribution in [2.24, 2.45) is 0 Å². The molecule has 0 unspecified atom stereocenters. The molecule has 33 heavy (non-hydrogen) atoms. The fourth-order valence-corrected chi connectivity index (χ4v) is 3.87. The molecule has 1 aromatic carbocycles. The van der Waals surface area contributed by atoms with Crippen LogP contribution in [0.5, 0.6) is 0 Å². The SMILES string of the molecule is COn1c(=O)c2c(-c3c(F)cccc3Cl)noc2c2c(C(F)(F)F)n(-c3ccncc3)nc21. The van der Waals surface area contributed by atoms with Gasteiger partial charge in [-0.25, -0.2) is 9.07 Å². The minimum Gasteiger partial charge on any atom is -0.412 e. The van der Waals surface area contributed by atoms with Crippen LogP contribution in [0.15, 0.2) is 52.0 Å². The van der Waals surface area contributed by atoms with E-state index in [2.05, 4.69) is 15.2 Å². The topological polar surface area (TPSA) is 88.0 Å².